The minimum Gasteiger partial charge on any atom is -0.376 e. The molecule has 11 heteroatoms. The zero-order chi connectivity index (χ0) is 23.6. The van der Waals surface area contributed by atoms with Crippen LogP contribution in [0.15, 0.2) is 34.3 Å². The number of halogens is 1. The number of benzene rings is 1. The lowest BCUT2D eigenvalue weighted by molar-refractivity contribution is -0.129. The molecule has 0 bridgehead atoms. The number of nitrogens with zero attached hydrogens (tertiary/aromatic N) is 4. The van der Waals surface area contributed by atoms with Gasteiger partial charge in [0.25, 0.3) is 0 Å². The van der Waals surface area contributed by atoms with Crippen molar-refractivity contribution in [3.63, 3.8) is 0 Å². The molecule has 0 saturated carbocycles. The van der Waals surface area contributed by atoms with E-state index in [0.29, 0.717) is 13.1 Å². The van der Waals surface area contributed by atoms with Crippen molar-refractivity contribution in [3.05, 3.63) is 41.5 Å². The van der Waals surface area contributed by atoms with Crippen molar-refractivity contribution in [1.82, 2.24) is 18.8 Å². The Morgan fingerprint density at radius 2 is 2.00 bits per heavy atom. The molecule has 2 aliphatic heterocycles. The van der Waals surface area contributed by atoms with Gasteiger partial charge in [-0.05, 0) is 44.9 Å². The van der Waals surface area contributed by atoms with Crippen LogP contribution in [0, 0.1) is 19.7 Å². The van der Waals surface area contributed by atoms with Crippen molar-refractivity contribution < 1.29 is 22.3 Å². The molecule has 8 nitrogen and oxygen atoms in total. The predicted octanol–water partition coefficient (Wildman–Crippen LogP) is 2.44. The minimum absolute atomic E-state index is 0.0511. The molecule has 2 saturated heterocycles. The molecule has 2 fully saturated rings. The molecule has 0 N–H and O–H groups in total. The summed E-state index contributed by atoms with van der Waals surface area (Å²) < 4.78 is 48.2. The van der Waals surface area contributed by atoms with Gasteiger partial charge in [-0.1, -0.05) is 17.8 Å². The number of ether oxygens (including phenoxy) is 1. The van der Waals surface area contributed by atoms with Gasteiger partial charge in [-0.25, -0.2) is 17.8 Å². The Bertz CT molecular complexity index is 1110. The number of thioether (sulfide) groups is 1. The number of carbonyl (C=O) groups is 1. The average molecular weight is 497 g/mol. The average Bonchev–Trinajstić information content (AvgIpc) is 3.41. The third kappa shape index (κ3) is 5.42. The number of carbonyl (C=O) groups excluding carboxylic acids is 1. The molecule has 180 valence electrons. The zero-order valence-electron chi connectivity index (χ0n) is 18.9. The lowest BCUT2D eigenvalue weighted by atomic mass is 10.2. The molecule has 0 unspecified atom stereocenters. The second-order valence-corrected chi connectivity index (χ2v) is 11.2. The number of aryl methyl sites for hydroxylation is 1. The van der Waals surface area contributed by atoms with Crippen LogP contribution >= 0.6 is 11.8 Å². The molecule has 33 heavy (non-hydrogen) atoms. The zero-order valence-corrected chi connectivity index (χ0v) is 20.5. The van der Waals surface area contributed by atoms with Crippen LogP contribution in [-0.2, 0) is 26.1 Å². The van der Waals surface area contributed by atoms with E-state index in [-0.39, 0.29) is 35.7 Å². The van der Waals surface area contributed by atoms with Gasteiger partial charge in [0.2, 0.25) is 15.9 Å². The summed E-state index contributed by atoms with van der Waals surface area (Å²) in [4.78, 5) is 19.1. The molecule has 1 aromatic heterocycles. The normalized spacial score (nSPS) is 19.8. The van der Waals surface area contributed by atoms with Gasteiger partial charge in [0, 0.05) is 38.5 Å². The Kier molecular flexibility index (Phi) is 7.42. The van der Waals surface area contributed by atoms with Crippen molar-refractivity contribution in [1.29, 1.82) is 0 Å². The van der Waals surface area contributed by atoms with Crippen molar-refractivity contribution in [2.45, 2.75) is 49.4 Å². The van der Waals surface area contributed by atoms with Crippen molar-refractivity contribution in [3.8, 4) is 0 Å². The third-order valence-electron chi connectivity index (χ3n) is 6.18. The van der Waals surface area contributed by atoms with E-state index in [1.807, 2.05) is 13.8 Å². The number of aromatic nitrogens is 2. The smallest absolute Gasteiger partial charge is 0.243 e. The van der Waals surface area contributed by atoms with Gasteiger partial charge < -0.3 is 14.2 Å². The van der Waals surface area contributed by atoms with Crippen LogP contribution < -0.4 is 0 Å². The van der Waals surface area contributed by atoms with E-state index < -0.39 is 15.8 Å². The fraction of sp³-hybridized carbons (Fsp3) is 0.545. The topological polar surface area (TPSA) is 84.7 Å². The fourth-order valence-corrected chi connectivity index (χ4v) is 6.57. The molecule has 3 heterocycles. The van der Waals surface area contributed by atoms with E-state index >= 15 is 0 Å². The maximum absolute atomic E-state index is 13.5. The number of rotatable bonds is 7. The molecule has 4 rings (SSSR count). The molecule has 1 atom stereocenters. The molecular formula is C22H29FN4O4S2. The highest BCUT2D eigenvalue weighted by atomic mass is 32.2. The summed E-state index contributed by atoms with van der Waals surface area (Å²) in [6.45, 7) is 6.49. The molecular weight excluding hydrogens is 467 g/mol. The molecule has 2 aromatic rings. The standard InChI is InChI=1S/C22H29FN4O4S2/c1-16-17(2)27(14-19-6-4-12-31-19)22(24-16)32-15-21(28)25-8-10-26(11-9-25)33(29,30)20-7-3-5-18(23)13-20/h3,5,7,13,19H,4,6,8-12,14-15H2,1-2H3/t19-/m0/s1. The van der Waals surface area contributed by atoms with E-state index in [0.717, 1.165) is 48.6 Å². The molecule has 2 aliphatic rings. The maximum Gasteiger partial charge on any atom is 0.243 e. The van der Waals surface area contributed by atoms with Gasteiger partial charge in [-0.3, -0.25) is 4.79 Å². The van der Waals surface area contributed by atoms with E-state index in [1.54, 1.807) is 4.90 Å². The Morgan fingerprint density at radius 1 is 1.24 bits per heavy atom. The maximum atomic E-state index is 13.5. The van der Waals surface area contributed by atoms with Gasteiger partial charge in [0.1, 0.15) is 5.82 Å². The number of piperazine rings is 1. The third-order valence-corrected chi connectivity index (χ3v) is 9.04. The summed E-state index contributed by atoms with van der Waals surface area (Å²) in [6.07, 6.45) is 2.28. The Labute approximate surface area is 198 Å². The SMILES string of the molecule is Cc1nc(SCC(=O)N2CCN(S(=O)(=O)c3cccc(F)c3)CC2)n(C[C@@H]2CCCO2)c1C. The largest absolute Gasteiger partial charge is 0.376 e. The van der Waals surface area contributed by atoms with Gasteiger partial charge in [-0.15, -0.1) is 0 Å². The van der Waals surface area contributed by atoms with Crippen molar-refractivity contribution in [2.24, 2.45) is 0 Å². The monoisotopic (exact) mass is 496 g/mol. The lowest BCUT2D eigenvalue weighted by Crippen LogP contribution is -2.51. The molecule has 0 spiro atoms. The summed E-state index contributed by atoms with van der Waals surface area (Å²) in [5, 5.41) is 0.807. The van der Waals surface area contributed by atoms with Gasteiger partial charge in [0.15, 0.2) is 5.16 Å². The summed E-state index contributed by atoms with van der Waals surface area (Å²) in [7, 11) is -3.78. The first-order valence-electron chi connectivity index (χ1n) is 11.1. The highest BCUT2D eigenvalue weighted by molar-refractivity contribution is 7.99. The summed E-state index contributed by atoms with van der Waals surface area (Å²) in [5.41, 5.74) is 2.02. The van der Waals surface area contributed by atoms with Crippen LogP contribution in [0.4, 0.5) is 4.39 Å². The van der Waals surface area contributed by atoms with E-state index in [9.17, 15) is 17.6 Å². The number of sulfonamides is 1. The number of hydrogen-bond acceptors (Lipinski definition) is 6. The number of amides is 1. The first-order valence-corrected chi connectivity index (χ1v) is 13.5. The minimum atomic E-state index is -3.78. The number of imidazole rings is 1. The molecule has 0 radical (unpaired) electrons. The molecule has 1 aromatic carbocycles. The van der Waals surface area contributed by atoms with E-state index in [1.165, 1.54) is 34.3 Å². The Hall–Kier alpha value is -1.95. The first kappa shape index (κ1) is 24.2. The highest BCUT2D eigenvalue weighted by Gasteiger charge is 2.30. The quantitative estimate of drug-likeness (QED) is 0.548. The van der Waals surface area contributed by atoms with Crippen LogP contribution in [0.2, 0.25) is 0 Å². The van der Waals surface area contributed by atoms with Crippen LogP contribution in [0.1, 0.15) is 24.2 Å². The van der Waals surface area contributed by atoms with Gasteiger partial charge in [-0.2, -0.15) is 4.31 Å². The lowest BCUT2D eigenvalue weighted by Gasteiger charge is -2.34. The van der Waals surface area contributed by atoms with E-state index in [4.69, 9.17) is 4.74 Å². The van der Waals surface area contributed by atoms with Gasteiger partial charge in [0.05, 0.1) is 29.0 Å². The molecule has 0 aliphatic carbocycles. The second kappa shape index (κ2) is 10.1. The second-order valence-electron chi connectivity index (χ2n) is 8.34. The Morgan fingerprint density at radius 3 is 2.67 bits per heavy atom. The van der Waals surface area contributed by atoms with Crippen LogP contribution in [0.3, 0.4) is 0 Å². The number of hydrogen-bond donors (Lipinski definition) is 0. The van der Waals surface area contributed by atoms with Crippen molar-refractivity contribution >= 4 is 27.7 Å². The highest BCUT2D eigenvalue weighted by Crippen LogP contribution is 2.25. The first-order chi connectivity index (χ1) is 15.8. The van der Waals surface area contributed by atoms with Gasteiger partial charge >= 0.3 is 0 Å². The summed E-state index contributed by atoms with van der Waals surface area (Å²) >= 11 is 1.40. The van der Waals surface area contributed by atoms with Crippen molar-refractivity contribution in [2.75, 3.05) is 38.5 Å². The van der Waals surface area contributed by atoms with Crippen LogP contribution in [-0.4, -0.2) is 77.7 Å². The van der Waals surface area contributed by atoms with Crippen LogP contribution in [0.25, 0.3) is 0 Å². The molecule has 1 amide bonds. The fourth-order valence-electron chi connectivity index (χ4n) is 4.11. The summed E-state index contributed by atoms with van der Waals surface area (Å²) in [5.74, 6) is -0.409. The Balaban J connectivity index is 1.33. The van der Waals surface area contributed by atoms with E-state index in [2.05, 4.69) is 9.55 Å². The predicted molar refractivity (Wildman–Crippen MR) is 123 cm³/mol. The van der Waals surface area contributed by atoms with Crippen LogP contribution in [0.5, 0.6) is 0 Å². The summed E-state index contributed by atoms with van der Waals surface area (Å²) in [6, 6.07) is 5.00.